The Morgan fingerprint density at radius 1 is 1.62 bits per heavy atom. The summed E-state index contributed by atoms with van der Waals surface area (Å²) in [5.41, 5.74) is -0.577. The molecular formula is C9H8BrN3. The molecule has 0 amide bonds. The van der Waals surface area contributed by atoms with Gasteiger partial charge in [0, 0.05) is 16.5 Å². The summed E-state index contributed by atoms with van der Waals surface area (Å²) in [5.74, 6) is -0.412. The van der Waals surface area contributed by atoms with Gasteiger partial charge in [0.1, 0.15) is 4.60 Å². The molecular weight excluding hydrogens is 230 g/mol. The molecule has 0 fully saturated rings. The summed E-state index contributed by atoms with van der Waals surface area (Å²) in [7, 11) is 0. The lowest BCUT2D eigenvalue weighted by molar-refractivity contribution is 0.830. The van der Waals surface area contributed by atoms with Crippen LogP contribution >= 0.6 is 15.9 Å². The predicted molar refractivity (Wildman–Crippen MR) is 53.8 cm³/mol. The fraction of sp³-hybridized carbons (Fsp3) is 0.111. The first-order valence-corrected chi connectivity index (χ1v) is 4.05. The van der Waals surface area contributed by atoms with Crippen LogP contribution in [0.5, 0.6) is 0 Å². The zero-order chi connectivity index (χ0) is 16.1. The van der Waals surface area contributed by atoms with Gasteiger partial charge in [-0.05, 0) is 40.4 Å². The van der Waals surface area contributed by atoms with Crippen molar-refractivity contribution in [3.05, 3.63) is 40.6 Å². The van der Waals surface area contributed by atoms with Crippen molar-refractivity contribution in [2.75, 3.05) is 0 Å². The topological polar surface area (TPSA) is 30.7 Å². The van der Waals surface area contributed by atoms with Gasteiger partial charge in [-0.2, -0.15) is 5.10 Å². The third kappa shape index (κ3) is 1.62. The molecule has 0 saturated carbocycles. The molecule has 0 atom stereocenters. The molecule has 0 aromatic carbocycles. The van der Waals surface area contributed by atoms with Crippen LogP contribution in [-0.2, 0) is 0 Å². The average Bonchev–Trinajstić information content (AvgIpc) is 2.61. The van der Waals surface area contributed by atoms with Crippen LogP contribution in [0.25, 0.3) is 5.82 Å². The summed E-state index contributed by atoms with van der Waals surface area (Å²) in [4.78, 5) is 3.66. The fourth-order valence-corrected chi connectivity index (χ4v) is 1.02. The number of hydrogen-bond acceptors (Lipinski definition) is 2. The first-order valence-electron chi connectivity index (χ1n) is 7.26. The molecule has 66 valence electrons. The van der Waals surface area contributed by atoms with Gasteiger partial charge in [0.15, 0.2) is 5.82 Å². The number of nitrogens with zero attached hydrogens (tertiary/aromatic N) is 3. The van der Waals surface area contributed by atoms with E-state index in [4.69, 9.17) is 11.0 Å². The maximum atomic E-state index is 7.74. The van der Waals surface area contributed by atoms with Crippen LogP contribution in [0.4, 0.5) is 0 Å². The predicted octanol–water partition coefficient (Wildman–Crippen LogP) is 2.34. The molecule has 3 nitrogen and oxygen atoms in total. The number of pyridine rings is 1. The minimum atomic E-state index is -2.77. The van der Waals surface area contributed by atoms with Crippen LogP contribution in [-0.4, -0.2) is 14.8 Å². The summed E-state index contributed by atoms with van der Waals surface area (Å²) in [6.07, 6.45) is -1.03. The van der Waals surface area contributed by atoms with Crippen molar-refractivity contribution in [3.8, 4) is 5.82 Å². The molecule has 0 aliphatic rings. The van der Waals surface area contributed by atoms with Crippen molar-refractivity contribution in [1.29, 1.82) is 0 Å². The Bertz CT molecular complexity index is 723. The van der Waals surface area contributed by atoms with Crippen LogP contribution in [0, 0.1) is 6.85 Å². The second kappa shape index (κ2) is 3.30. The second-order valence-corrected chi connectivity index (χ2v) is 2.86. The highest BCUT2D eigenvalue weighted by Crippen LogP contribution is 2.11. The summed E-state index contributed by atoms with van der Waals surface area (Å²) >= 11 is 2.95. The Morgan fingerprint density at radius 2 is 2.54 bits per heavy atom. The zero-order valence-corrected chi connectivity index (χ0v) is 7.81. The van der Waals surface area contributed by atoms with Gasteiger partial charge in [0.05, 0.1) is 6.85 Å². The van der Waals surface area contributed by atoms with Crippen LogP contribution in [0.2, 0.25) is 0 Å². The molecule has 0 aliphatic carbocycles. The third-order valence-electron chi connectivity index (χ3n) is 1.28. The quantitative estimate of drug-likeness (QED) is 0.773. The van der Waals surface area contributed by atoms with E-state index in [0.717, 1.165) is 4.68 Å². The van der Waals surface area contributed by atoms with Crippen molar-refractivity contribution in [3.63, 3.8) is 0 Å². The molecule has 0 bridgehead atoms. The Hall–Kier alpha value is -1.16. The Labute approximate surface area is 95.8 Å². The van der Waals surface area contributed by atoms with Crippen LogP contribution in [0.1, 0.15) is 16.5 Å². The van der Waals surface area contributed by atoms with E-state index in [-0.39, 0.29) is 10.6 Å². The molecule has 0 saturated heterocycles. The molecule has 13 heavy (non-hydrogen) atoms. The third-order valence-corrected chi connectivity index (χ3v) is 1.64. The Kier molecular flexibility index (Phi) is 0.813. The molecule has 0 aliphatic heterocycles. The minimum Gasteiger partial charge on any atom is -0.237 e. The van der Waals surface area contributed by atoms with Gasteiger partial charge in [0.2, 0.25) is 0 Å². The van der Waals surface area contributed by atoms with Crippen LogP contribution < -0.4 is 0 Å². The molecule has 0 spiro atoms. The number of halogens is 1. The standard InChI is InChI=1S/C9H8BrN3/c1-7-3-2-5-11-9(7)13-6-4-8(10)12-13/h2-6H,1H3/i1D3,2D,3D,4D,5D,6D. The van der Waals surface area contributed by atoms with Gasteiger partial charge in [-0.15, -0.1) is 0 Å². The van der Waals surface area contributed by atoms with Crippen molar-refractivity contribution in [2.45, 2.75) is 6.85 Å². The van der Waals surface area contributed by atoms with Crippen LogP contribution in [0.3, 0.4) is 0 Å². The van der Waals surface area contributed by atoms with E-state index < -0.39 is 42.7 Å². The monoisotopic (exact) mass is 245 g/mol. The summed E-state index contributed by atoms with van der Waals surface area (Å²) in [6, 6.07) is -1.56. The zero-order valence-electron chi connectivity index (χ0n) is 14.2. The van der Waals surface area contributed by atoms with E-state index in [1.807, 2.05) is 0 Å². The average molecular weight is 246 g/mol. The van der Waals surface area contributed by atoms with Crippen molar-refractivity contribution >= 4 is 15.9 Å². The lowest BCUT2D eigenvalue weighted by Gasteiger charge is -2.02. The largest absolute Gasteiger partial charge is 0.237 e. The smallest absolute Gasteiger partial charge is 0.156 e. The Morgan fingerprint density at radius 3 is 3.23 bits per heavy atom. The van der Waals surface area contributed by atoms with E-state index in [0.29, 0.717) is 0 Å². The van der Waals surface area contributed by atoms with Gasteiger partial charge in [-0.1, -0.05) is 6.04 Å². The fourth-order valence-electron chi connectivity index (χ4n) is 0.774. The SMILES string of the molecule is [2H]c1nc(-n2nc(Br)c([2H])c2[2H])c(C([2H])([2H])[2H])c([2H])c1[2H]. The van der Waals surface area contributed by atoms with Gasteiger partial charge in [-0.3, -0.25) is 0 Å². The van der Waals surface area contributed by atoms with Crippen LogP contribution in [0.15, 0.2) is 35.1 Å². The molecule has 2 rings (SSSR count). The van der Waals surface area contributed by atoms with E-state index >= 15 is 0 Å². The normalized spacial score (nSPS) is 20.1. The maximum absolute atomic E-state index is 7.74. The molecule has 2 aromatic heterocycles. The molecule has 4 heteroatoms. The summed E-state index contributed by atoms with van der Waals surface area (Å²) < 4.78 is 61.3. The van der Waals surface area contributed by atoms with Gasteiger partial charge in [-0.25, -0.2) is 9.67 Å². The lowest BCUT2D eigenvalue weighted by Crippen LogP contribution is -1.99. The molecule has 0 N–H and O–H groups in total. The molecule has 0 unspecified atom stereocenters. The van der Waals surface area contributed by atoms with E-state index in [2.05, 4.69) is 26.0 Å². The highest BCUT2D eigenvalue weighted by Gasteiger charge is 2.02. The second-order valence-electron chi connectivity index (χ2n) is 2.11. The van der Waals surface area contributed by atoms with Gasteiger partial charge in [0.25, 0.3) is 0 Å². The van der Waals surface area contributed by atoms with E-state index in [1.54, 1.807) is 0 Å². The van der Waals surface area contributed by atoms with Gasteiger partial charge >= 0.3 is 0 Å². The number of aromatic nitrogens is 3. The molecule has 2 aromatic rings. The number of rotatable bonds is 1. The first kappa shape index (κ1) is 3.20. The highest BCUT2D eigenvalue weighted by atomic mass is 79.9. The Balaban J connectivity index is 2.89. The lowest BCUT2D eigenvalue weighted by atomic mass is 10.3. The molecule has 2 heterocycles. The first-order chi connectivity index (χ1) is 9.55. The highest BCUT2D eigenvalue weighted by molar-refractivity contribution is 9.10. The van der Waals surface area contributed by atoms with Gasteiger partial charge < -0.3 is 0 Å². The van der Waals surface area contributed by atoms with E-state index in [9.17, 15) is 0 Å². The number of hydrogen-bond donors (Lipinski definition) is 0. The maximum Gasteiger partial charge on any atom is 0.156 e. The molecule has 0 radical (unpaired) electrons. The van der Waals surface area contributed by atoms with Crippen molar-refractivity contribution in [1.82, 2.24) is 14.8 Å². The minimum absolute atomic E-state index is 0.0128. The van der Waals surface area contributed by atoms with Crippen molar-refractivity contribution < 1.29 is 11.0 Å². The summed E-state index contributed by atoms with van der Waals surface area (Å²) in [6.45, 7) is -2.77. The van der Waals surface area contributed by atoms with E-state index in [1.165, 1.54) is 0 Å². The summed E-state index contributed by atoms with van der Waals surface area (Å²) in [5, 5.41) is 3.78. The van der Waals surface area contributed by atoms with Crippen molar-refractivity contribution in [2.24, 2.45) is 0 Å².